The van der Waals surface area contributed by atoms with E-state index in [9.17, 15) is 9.18 Å². The summed E-state index contributed by atoms with van der Waals surface area (Å²) in [4.78, 5) is 16.3. The largest absolute Gasteiger partial charge is 0.365 e. The zero-order chi connectivity index (χ0) is 19.8. The van der Waals surface area contributed by atoms with Gasteiger partial charge in [-0.2, -0.15) is 5.10 Å². The number of carbonyl (C=O) groups is 1. The van der Waals surface area contributed by atoms with Crippen molar-refractivity contribution in [2.45, 2.75) is 13.6 Å². The molecule has 0 bridgehead atoms. The molecule has 140 valence electrons. The van der Waals surface area contributed by atoms with Crippen molar-refractivity contribution < 1.29 is 9.18 Å². The van der Waals surface area contributed by atoms with Crippen LogP contribution in [0.5, 0.6) is 0 Å². The summed E-state index contributed by atoms with van der Waals surface area (Å²) >= 11 is 6.42. The number of carbonyl (C=O) groups excluding carboxylic acids is 1. The summed E-state index contributed by atoms with van der Waals surface area (Å²) in [6, 6.07) is 14.4. The van der Waals surface area contributed by atoms with E-state index in [2.05, 4.69) is 10.1 Å². The van der Waals surface area contributed by atoms with Crippen molar-refractivity contribution in [2.75, 3.05) is 0 Å². The third kappa shape index (κ3) is 2.92. The van der Waals surface area contributed by atoms with Crippen LogP contribution in [-0.2, 0) is 6.67 Å². The molecule has 0 fully saturated rings. The lowest BCUT2D eigenvalue weighted by Gasteiger charge is -2.13. The van der Waals surface area contributed by atoms with Crippen molar-refractivity contribution in [1.82, 2.24) is 14.6 Å². The van der Waals surface area contributed by atoms with Crippen LogP contribution in [-0.4, -0.2) is 20.5 Å². The molecule has 0 unspecified atom stereocenters. The first kappa shape index (κ1) is 18.1. The first-order chi connectivity index (χ1) is 13.5. The zero-order valence-corrected chi connectivity index (χ0v) is 15.7. The first-order valence-corrected chi connectivity index (χ1v) is 8.97. The lowest BCUT2D eigenvalue weighted by atomic mass is 10.00. The van der Waals surface area contributed by atoms with E-state index in [0.29, 0.717) is 27.6 Å². The molecule has 28 heavy (non-hydrogen) atoms. The van der Waals surface area contributed by atoms with Crippen LogP contribution >= 0.6 is 11.6 Å². The number of hydrogen-bond donors (Lipinski definition) is 1. The van der Waals surface area contributed by atoms with Gasteiger partial charge in [0.1, 0.15) is 12.2 Å². The van der Waals surface area contributed by atoms with Crippen molar-refractivity contribution in [3.8, 4) is 22.4 Å². The summed E-state index contributed by atoms with van der Waals surface area (Å²) in [5.74, 6) is -0.593. The number of halogens is 2. The van der Waals surface area contributed by atoms with Crippen LogP contribution in [0.2, 0.25) is 5.02 Å². The van der Waals surface area contributed by atoms with Gasteiger partial charge in [0.25, 0.3) is 5.91 Å². The molecule has 2 heterocycles. The first-order valence-electron chi connectivity index (χ1n) is 8.59. The average Bonchev–Trinajstić information content (AvgIpc) is 3.04. The van der Waals surface area contributed by atoms with E-state index in [1.54, 1.807) is 35.8 Å². The van der Waals surface area contributed by atoms with Crippen molar-refractivity contribution in [1.29, 1.82) is 0 Å². The number of amides is 1. The van der Waals surface area contributed by atoms with E-state index in [1.165, 1.54) is 0 Å². The highest BCUT2D eigenvalue weighted by Crippen LogP contribution is 2.36. The quantitative estimate of drug-likeness (QED) is 0.550. The van der Waals surface area contributed by atoms with E-state index < -0.39 is 12.6 Å². The molecule has 2 N–H and O–H groups in total. The zero-order valence-electron chi connectivity index (χ0n) is 15.0. The molecule has 4 aromatic rings. The summed E-state index contributed by atoms with van der Waals surface area (Å²) in [6.07, 6.45) is 1.66. The smallest absolute Gasteiger partial charge is 0.254 e. The second kappa shape index (κ2) is 7.05. The Morgan fingerprint density at radius 2 is 1.86 bits per heavy atom. The minimum Gasteiger partial charge on any atom is -0.365 e. The van der Waals surface area contributed by atoms with Gasteiger partial charge in [-0.1, -0.05) is 54.1 Å². The maximum Gasteiger partial charge on any atom is 0.254 e. The molecule has 0 aliphatic heterocycles. The van der Waals surface area contributed by atoms with Gasteiger partial charge in [0, 0.05) is 27.9 Å². The molecule has 5 nitrogen and oxygen atoms in total. The van der Waals surface area contributed by atoms with Crippen LogP contribution in [0.15, 0.2) is 54.7 Å². The van der Waals surface area contributed by atoms with Gasteiger partial charge in [0.05, 0.1) is 11.4 Å². The molecule has 0 saturated carbocycles. The molecular formula is C21H16ClFN4O. The van der Waals surface area contributed by atoms with Gasteiger partial charge in [0.15, 0.2) is 5.65 Å². The Balaban J connectivity index is 2.09. The summed E-state index contributed by atoms with van der Waals surface area (Å²) in [5.41, 5.74) is 10.2. The van der Waals surface area contributed by atoms with Gasteiger partial charge in [-0.05, 0) is 18.6 Å². The van der Waals surface area contributed by atoms with Crippen LogP contribution < -0.4 is 5.73 Å². The minimum absolute atomic E-state index is 0.271. The molecule has 4 rings (SSSR count). The maximum absolute atomic E-state index is 13.0. The van der Waals surface area contributed by atoms with Crippen LogP contribution in [0.4, 0.5) is 4.39 Å². The van der Waals surface area contributed by atoms with Crippen molar-refractivity contribution in [3.05, 3.63) is 76.6 Å². The van der Waals surface area contributed by atoms with E-state index >= 15 is 0 Å². The van der Waals surface area contributed by atoms with Gasteiger partial charge in [0.2, 0.25) is 0 Å². The highest BCUT2D eigenvalue weighted by molar-refractivity contribution is 6.33. The van der Waals surface area contributed by atoms with E-state index in [-0.39, 0.29) is 5.56 Å². The topological polar surface area (TPSA) is 73.3 Å². The Kier molecular flexibility index (Phi) is 4.57. The molecule has 2 aromatic heterocycles. The minimum atomic E-state index is -0.593. The molecule has 0 spiro atoms. The van der Waals surface area contributed by atoms with Gasteiger partial charge in [-0.3, -0.25) is 4.79 Å². The summed E-state index contributed by atoms with van der Waals surface area (Å²) in [5, 5.41) is 5.06. The van der Waals surface area contributed by atoms with Crippen molar-refractivity contribution in [3.63, 3.8) is 0 Å². The lowest BCUT2D eigenvalue weighted by molar-refractivity contribution is 0.100. The predicted molar refractivity (Wildman–Crippen MR) is 107 cm³/mol. The standard InChI is InChI=1S/C21H16ClFN4O/c1-12-18(20(24)28)21-25-11-16(15-4-2-3-5-17(15)22)19(27(21)26-12)14-8-6-13(10-23)7-9-14/h2-9,11H,10H2,1H3,(H2,24,28). The highest BCUT2D eigenvalue weighted by atomic mass is 35.5. The number of rotatable bonds is 4. The Hall–Kier alpha value is -3.25. The number of nitrogens with zero attached hydrogens (tertiary/aromatic N) is 3. The number of benzene rings is 2. The fourth-order valence-corrected chi connectivity index (χ4v) is 3.52. The van der Waals surface area contributed by atoms with Crippen LogP contribution in [0.25, 0.3) is 28.0 Å². The number of aromatic nitrogens is 3. The van der Waals surface area contributed by atoms with Crippen LogP contribution in [0.3, 0.4) is 0 Å². The second-order valence-electron chi connectivity index (χ2n) is 6.39. The van der Waals surface area contributed by atoms with Gasteiger partial charge >= 0.3 is 0 Å². The normalized spacial score (nSPS) is 11.1. The van der Waals surface area contributed by atoms with E-state index in [4.69, 9.17) is 17.3 Å². The summed E-state index contributed by atoms with van der Waals surface area (Å²) in [7, 11) is 0. The number of hydrogen-bond acceptors (Lipinski definition) is 3. The van der Waals surface area contributed by atoms with Crippen LogP contribution in [0.1, 0.15) is 21.6 Å². The molecule has 0 radical (unpaired) electrons. The molecule has 2 aromatic carbocycles. The third-order valence-corrected chi connectivity index (χ3v) is 4.94. The molecule has 1 amide bonds. The summed E-state index contributed by atoms with van der Waals surface area (Å²) in [6.45, 7) is 1.16. The lowest BCUT2D eigenvalue weighted by Crippen LogP contribution is -2.12. The number of alkyl halides is 1. The molecule has 0 aliphatic rings. The Morgan fingerprint density at radius 3 is 2.50 bits per heavy atom. The van der Waals surface area contributed by atoms with Gasteiger partial charge in [-0.15, -0.1) is 0 Å². The molecule has 0 aliphatic carbocycles. The SMILES string of the molecule is Cc1nn2c(-c3ccc(CF)cc3)c(-c3ccccc3Cl)cnc2c1C(N)=O. The predicted octanol–water partition coefficient (Wildman–Crippen LogP) is 4.59. The van der Waals surface area contributed by atoms with Gasteiger partial charge in [-0.25, -0.2) is 13.9 Å². The van der Waals surface area contributed by atoms with Crippen molar-refractivity contribution >= 4 is 23.2 Å². The van der Waals surface area contributed by atoms with E-state index in [1.807, 2.05) is 30.3 Å². The van der Waals surface area contributed by atoms with Crippen LogP contribution in [0, 0.1) is 6.92 Å². The third-order valence-electron chi connectivity index (χ3n) is 4.61. The number of primary amides is 1. The summed E-state index contributed by atoms with van der Waals surface area (Å²) < 4.78 is 14.6. The average molecular weight is 395 g/mol. The molecule has 0 saturated heterocycles. The Morgan fingerprint density at radius 1 is 1.14 bits per heavy atom. The van der Waals surface area contributed by atoms with Crippen molar-refractivity contribution in [2.24, 2.45) is 5.73 Å². The van der Waals surface area contributed by atoms with Gasteiger partial charge < -0.3 is 5.73 Å². The maximum atomic E-state index is 13.0. The molecule has 7 heteroatoms. The fourth-order valence-electron chi connectivity index (χ4n) is 3.29. The number of fused-ring (bicyclic) bond motifs is 1. The Bertz CT molecular complexity index is 1200. The molecule has 0 atom stereocenters. The monoisotopic (exact) mass is 394 g/mol. The fraction of sp³-hybridized carbons (Fsp3) is 0.0952. The highest BCUT2D eigenvalue weighted by Gasteiger charge is 2.22. The number of aryl methyl sites for hydroxylation is 1. The molecular weight excluding hydrogens is 379 g/mol. The number of nitrogens with two attached hydrogens (primary N) is 1. The van der Waals surface area contributed by atoms with E-state index in [0.717, 1.165) is 16.7 Å². The second-order valence-corrected chi connectivity index (χ2v) is 6.80. The Labute approximate surface area is 165 Å².